The molecule has 62 valence electrons. The fourth-order valence-electron chi connectivity index (χ4n) is 3.25. The van der Waals surface area contributed by atoms with Crippen molar-refractivity contribution in [1.29, 1.82) is 0 Å². The van der Waals surface area contributed by atoms with Crippen LogP contribution in [0.15, 0.2) is 0 Å². The summed E-state index contributed by atoms with van der Waals surface area (Å²) >= 11 is 0. The molecule has 0 aromatic carbocycles. The lowest BCUT2D eigenvalue weighted by Crippen LogP contribution is -2.58. The summed E-state index contributed by atoms with van der Waals surface area (Å²) in [5.74, 6) is 0. The molecule has 0 unspecified atom stereocenters. The van der Waals surface area contributed by atoms with E-state index in [1.165, 1.54) is 51.5 Å². The van der Waals surface area contributed by atoms with Gasteiger partial charge in [-0.05, 0) is 50.5 Å². The monoisotopic (exact) mass is 151 g/mol. The summed E-state index contributed by atoms with van der Waals surface area (Å²) in [4.78, 5) is 0. The lowest BCUT2D eigenvalue weighted by molar-refractivity contribution is 0.0575. The van der Waals surface area contributed by atoms with Gasteiger partial charge in [0.2, 0.25) is 0 Å². The van der Waals surface area contributed by atoms with Crippen molar-refractivity contribution in [3.05, 3.63) is 0 Å². The molecule has 1 saturated heterocycles. The molecule has 0 bridgehead atoms. The van der Waals surface area contributed by atoms with E-state index in [1.807, 2.05) is 0 Å². The third-order valence-corrected chi connectivity index (χ3v) is 3.97. The van der Waals surface area contributed by atoms with E-state index in [0.717, 1.165) is 5.41 Å². The van der Waals surface area contributed by atoms with E-state index < -0.39 is 0 Å². The molecule has 1 heterocycles. The molecule has 11 heavy (non-hydrogen) atoms. The maximum atomic E-state index is 3.73. The lowest BCUT2D eigenvalue weighted by Gasteiger charge is -2.52. The molecule has 0 amide bonds. The average Bonchev–Trinajstić information content (AvgIpc) is 2.69. The van der Waals surface area contributed by atoms with Crippen molar-refractivity contribution in [3.8, 4) is 0 Å². The third kappa shape index (κ3) is 0.868. The van der Waals surface area contributed by atoms with Gasteiger partial charge in [0.15, 0.2) is 0 Å². The maximum Gasteiger partial charge on any atom is 0.0192 e. The SMILES string of the molecule is C1CCC2(CC3(CC3)C2)NC1. The largest absolute Gasteiger partial charge is 0.311 e. The first-order valence-electron chi connectivity index (χ1n) is 5.08. The fraction of sp³-hybridized carbons (Fsp3) is 1.00. The van der Waals surface area contributed by atoms with E-state index in [-0.39, 0.29) is 0 Å². The highest BCUT2D eigenvalue weighted by atomic mass is 15.0. The van der Waals surface area contributed by atoms with Crippen LogP contribution in [-0.2, 0) is 0 Å². The summed E-state index contributed by atoms with van der Waals surface area (Å²) in [7, 11) is 0. The molecule has 0 aromatic rings. The Morgan fingerprint density at radius 3 is 2.27 bits per heavy atom. The van der Waals surface area contributed by atoms with Crippen LogP contribution in [0.4, 0.5) is 0 Å². The number of hydrogen-bond acceptors (Lipinski definition) is 1. The molecule has 3 aliphatic rings. The highest BCUT2D eigenvalue weighted by molar-refractivity contribution is 5.15. The molecule has 2 spiro atoms. The highest BCUT2D eigenvalue weighted by Crippen LogP contribution is 2.66. The van der Waals surface area contributed by atoms with Crippen molar-refractivity contribution >= 4 is 0 Å². The highest BCUT2D eigenvalue weighted by Gasteiger charge is 2.60. The molecule has 1 N–H and O–H groups in total. The molecular weight excluding hydrogens is 134 g/mol. The minimum absolute atomic E-state index is 0.648. The van der Waals surface area contributed by atoms with Gasteiger partial charge in [-0.2, -0.15) is 0 Å². The number of nitrogens with one attached hydrogen (secondary N) is 1. The summed E-state index contributed by atoms with van der Waals surface area (Å²) in [5.41, 5.74) is 1.53. The number of piperidine rings is 1. The smallest absolute Gasteiger partial charge is 0.0192 e. The van der Waals surface area contributed by atoms with Crippen LogP contribution in [-0.4, -0.2) is 12.1 Å². The Balaban J connectivity index is 1.68. The van der Waals surface area contributed by atoms with Gasteiger partial charge in [-0.1, -0.05) is 6.42 Å². The first kappa shape index (κ1) is 6.47. The molecule has 1 aliphatic heterocycles. The van der Waals surface area contributed by atoms with E-state index in [2.05, 4.69) is 5.32 Å². The van der Waals surface area contributed by atoms with Gasteiger partial charge < -0.3 is 5.32 Å². The Hall–Kier alpha value is -0.0400. The zero-order valence-electron chi connectivity index (χ0n) is 7.16. The second kappa shape index (κ2) is 1.82. The van der Waals surface area contributed by atoms with Crippen molar-refractivity contribution in [2.24, 2.45) is 5.41 Å². The van der Waals surface area contributed by atoms with Crippen LogP contribution < -0.4 is 5.32 Å². The van der Waals surface area contributed by atoms with Crippen molar-refractivity contribution in [2.75, 3.05) is 6.54 Å². The van der Waals surface area contributed by atoms with Gasteiger partial charge >= 0.3 is 0 Å². The topological polar surface area (TPSA) is 12.0 Å². The van der Waals surface area contributed by atoms with Crippen LogP contribution >= 0.6 is 0 Å². The predicted molar refractivity (Wildman–Crippen MR) is 45.5 cm³/mol. The van der Waals surface area contributed by atoms with Gasteiger partial charge in [0, 0.05) is 5.54 Å². The normalized spacial score (nSPS) is 37.1. The van der Waals surface area contributed by atoms with E-state index in [0.29, 0.717) is 5.54 Å². The van der Waals surface area contributed by atoms with Crippen LogP contribution in [0.1, 0.15) is 44.9 Å². The van der Waals surface area contributed by atoms with Gasteiger partial charge in [-0.15, -0.1) is 0 Å². The van der Waals surface area contributed by atoms with Crippen LogP contribution in [0.25, 0.3) is 0 Å². The van der Waals surface area contributed by atoms with E-state index in [9.17, 15) is 0 Å². The van der Waals surface area contributed by atoms with E-state index in [4.69, 9.17) is 0 Å². The summed E-state index contributed by atoms with van der Waals surface area (Å²) in [5, 5.41) is 3.73. The number of hydrogen-bond donors (Lipinski definition) is 1. The predicted octanol–water partition coefficient (Wildman–Crippen LogP) is 2.07. The molecule has 1 heteroatoms. The molecule has 2 saturated carbocycles. The second-order valence-corrected chi connectivity index (χ2v) is 5.02. The summed E-state index contributed by atoms with van der Waals surface area (Å²) in [6.07, 6.45) is 10.5. The lowest BCUT2D eigenvalue weighted by atomic mass is 9.62. The Labute approximate surface area is 68.6 Å². The molecule has 0 atom stereocenters. The Morgan fingerprint density at radius 1 is 0.909 bits per heavy atom. The van der Waals surface area contributed by atoms with Crippen LogP contribution in [0.5, 0.6) is 0 Å². The molecule has 1 nitrogen and oxygen atoms in total. The zero-order valence-corrected chi connectivity index (χ0v) is 7.16. The average molecular weight is 151 g/mol. The first-order chi connectivity index (χ1) is 5.33. The molecule has 0 aromatic heterocycles. The Kier molecular flexibility index (Phi) is 1.07. The summed E-state index contributed by atoms with van der Waals surface area (Å²) in [6, 6.07) is 0. The summed E-state index contributed by atoms with van der Waals surface area (Å²) < 4.78 is 0. The summed E-state index contributed by atoms with van der Waals surface area (Å²) in [6.45, 7) is 1.29. The van der Waals surface area contributed by atoms with Gasteiger partial charge in [-0.25, -0.2) is 0 Å². The van der Waals surface area contributed by atoms with Gasteiger partial charge in [-0.3, -0.25) is 0 Å². The number of rotatable bonds is 0. The minimum Gasteiger partial charge on any atom is -0.311 e. The van der Waals surface area contributed by atoms with Gasteiger partial charge in [0.1, 0.15) is 0 Å². The maximum absolute atomic E-state index is 3.73. The Morgan fingerprint density at radius 2 is 1.73 bits per heavy atom. The van der Waals surface area contributed by atoms with Crippen LogP contribution in [0.3, 0.4) is 0 Å². The third-order valence-electron chi connectivity index (χ3n) is 3.97. The second-order valence-electron chi connectivity index (χ2n) is 5.02. The minimum atomic E-state index is 0.648. The fourth-order valence-corrected chi connectivity index (χ4v) is 3.25. The standard InChI is InChI=1S/C10H17N/c1-2-6-11-10(3-1)7-9(8-10)4-5-9/h11H,1-8H2. The molecule has 3 fully saturated rings. The van der Waals surface area contributed by atoms with Crippen molar-refractivity contribution in [3.63, 3.8) is 0 Å². The van der Waals surface area contributed by atoms with Crippen LogP contribution in [0, 0.1) is 5.41 Å². The van der Waals surface area contributed by atoms with Crippen molar-refractivity contribution in [2.45, 2.75) is 50.5 Å². The Bertz CT molecular complexity index is 165. The molecular formula is C10H17N. The van der Waals surface area contributed by atoms with E-state index in [1.54, 1.807) is 0 Å². The molecule has 2 aliphatic carbocycles. The quantitative estimate of drug-likeness (QED) is 0.559. The van der Waals surface area contributed by atoms with Gasteiger partial charge in [0.05, 0.1) is 0 Å². The molecule has 0 radical (unpaired) electrons. The van der Waals surface area contributed by atoms with Crippen molar-refractivity contribution < 1.29 is 0 Å². The van der Waals surface area contributed by atoms with Crippen LogP contribution in [0.2, 0.25) is 0 Å². The zero-order chi connectivity index (χ0) is 7.36. The molecule has 3 rings (SSSR count). The van der Waals surface area contributed by atoms with E-state index >= 15 is 0 Å². The van der Waals surface area contributed by atoms with Gasteiger partial charge in [0.25, 0.3) is 0 Å². The van der Waals surface area contributed by atoms with Crippen molar-refractivity contribution in [1.82, 2.24) is 5.32 Å². The first-order valence-corrected chi connectivity index (χ1v) is 5.08.